The molecule has 2 N–H and O–H groups in total. The third kappa shape index (κ3) is 6.26. The molecule has 1 fully saturated rings. The number of thiocarbonyl (C=S) groups is 1. The molecule has 1 aliphatic rings. The lowest BCUT2D eigenvalue weighted by atomic mass is 10.1. The Morgan fingerprint density at radius 2 is 2.12 bits per heavy atom. The maximum Gasteiger partial charge on any atom is 0.338 e. The van der Waals surface area contributed by atoms with E-state index in [1.54, 1.807) is 13.0 Å². The lowest BCUT2D eigenvalue weighted by Crippen LogP contribution is -2.38. The van der Waals surface area contributed by atoms with Crippen LogP contribution in [0, 0.1) is 6.92 Å². The van der Waals surface area contributed by atoms with Crippen LogP contribution < -0.4 is 10.6 Å². The molecule has 6 nitrogen and oxygen atoms in total. The normalized spacial score (nSPS) is 14.8. The summed E-state index contributed by atoms with van der Waals surface area (Å²) in [5, 5.41) is 6.94. The van der Waals surface area contributed by atoms with Crippen LogP contribution in [0.3, 0.4) is 0 Å². The molecule has 1 aromatic carbocycles. The SMILES string of the molecule is CCOC(=O)c1cccc(NC(=S)NCCCN2CCOCC2)c1C. The number of carbonyl (C=O) groups is 1. The molecule has 0 unspecified atom stereocenters. The van der Waals surface area contributed by atoms with Gasteiger partial charge in [0.1, 0.15) is 0 Å². The van der Waals surface area contributed by atoms with E-state index >= 15 is 0 Å². The number of nitrogens with zero attached hydrogens (tertiary/aromatic N) is 1. The first-order valence-electron chi connectivity index (χ1n) is 8.73. The van der Waals surface area contributed by atoms with Gasteiger partial charge in [-0.05, 0) is 56.7 Å². The molecular weight excluding hydrogens is 338 g/mol. The van der Waals surface area contributed by atoms with E-state index in [9.17, 15) is 4.79 Å². The molecule has 0 atom stereocenters. The average molecular weight is 365 g/mol. The van der Waals surface area contributed by atoms with Crippen LogP contribution in [0.15, 0.2) is 18.2 Å². The van der Waals surface area contributed by atoms with Crippen molar-refractivity contribution in [2.75, 3.05) is 51.3 Å². The third-order valence-corrected chi connectivity index (χ3v) is 4.36. The predicted molar refractivity (Wildman–Crippen MR) is 103 cm³/mol. The van der Waals surface area contributed by atoms with Crippen LogP contribution in [0.5, 0.6) is 0 Å². The fourth-order valence-corrected chi connectivity index (χ4v) is 2.91. The molecule has 0 aliphatic carbocycles. The summed E-state index contributed by atoms with van der Waals surface area (Å²) in [7, 11) is 0. The molecule has 138 valence electrons. The molecule has 0 saturated carbocycles. The largest absolute Gasteiger partial charge is 0.462 e. The van der Waals surface area contributed by atoms with Crippen LogP contribution in [-0.2, 0) is 9.47 Å². The smallest absolute Gasteiger partial charge is 0.338 e. The van der Waals surface area contributed by atoms with Gasteiger partial charge in [0.25, 0.3) is 0 Å². The maximum atomic E-state index is 12.0. The van der Waals surface area contributed by atoms with Crippen molar-refractivity contribution < 1.29 is 14.3 Å². The zero-order valence-corrected chi connectivity index (χ0v) is 15.8. The van der Waals surface area contributed by atoms with Crippen LogP contribution in [0.1, 0.15) is 29.3 Å². The van der Waals surface area contributed by atoms with Crippen molar-refractivity contribution in [3.05, 3.63) is 29.3 Å². The second kappa shape index (κ2) is 10.3. The molecule has 0 aromatic heterocycles. The number of ether oxygens (including phenoxy) is 2. The highest BCUT2D eigenvalue weighted by Crippen LogP contribution is 2.19. The number of morpholine rings is 1. The van der Waals surface area contributed by atoms with Gasteiger partial charge in [0.05, 0.1) is 25.4 Å². The topological polar surface area (TPSA) is 62.8 Å². The number of anilines is 1. The molecule has 7 heteroatoms. The molecule has 1 aromatic rings. The van der Waals surface area contributed by atoms with Crippen molar-refractivity contribution in [1.82, 2.24) is 10.2 Å². The van der Waals surface area contributed by atoms with Crippen LogP contribution in [0.25, 0.3) is 0 Å². The molecule has 1 saturated heterocycles. The number of hydrogen-bond acceptors (Lipinski definition) is 5. The van der Waals surface area contributed by atoms with Gasteiger partial charge in [-0.1, -0.05) is 6.07 Å². The fourth-order valence-electron chi connectivity index (χ4n) is 2.70. The number of nitrogens with one attached hydrogen (secondary N) is 2. The highest BCUT2D eigenvalue weighted by atomic mass is 32.1. The highest BCUT2D eigenvalue weighted by Gasteiger charge is 2.13. The molecule has 0 amide bonds. The van der Waals surface area contributed by atoms with Gasteiger partial charge in [0.15, 0.2) is 5.11 Å². The van der Waals surface area contributed by atoms with Crippen LogP contribution in [-0.4, -0.2) is 62.0 Å². The molecule has 2 rings (SSSR count). The first kappa shape index (κ1) is 19.6. The third-order valence-electron chi connectivity index (χ3n) is 4.12. The minimum absolute atomic E-state index is 0.312. The van der Waals surface area contributed by atoms with Gasteiger partial charge in [0, 0.05) is 25.3 Å². The number of hydrogen-bond donors (Lipinski definition) is 2. The Morgan fingerprint density at radius 3 is 2.84 bits per heavy atom. The van der Waals surface area contributed by atoms with E-state index in [2.05, 4.69) is 15.5 Å². The highest BCUT2D eigenvalue weighted by molar-refractivity contribution is 7.80. The van der Waals surface area contributed by atoms with Crippen molar-refractivity contribution in [3.8, 4) is 0 Å². The Bertz CT molecular complexity index is 589. The average Bonchev–Trinajstić information content (AvgIpc) is 2.61. The standard InChI is InChI=1S/C18H27N3O3S/c1-3-24-17(22)15-6-4-7-16(14(15)2)20-18(25)19-8-5-9-21-10-12-23-13-11-21/h4,6-7H,3,5,8-13H2,1-2H3,(H2,19,20,25). The van der Waals surface area contributed by atoms with Gasteiger partial charge >= 0.3 is 5.97 Å². The Morgan fingerprint density at radius 1 is 1.36 bits per heavy atom. The van der Waals surface area contributed by atoms with E-state index in [0.29, 0.717) is 17.3 Å². The van der Waals surface area contributed by atoms with E-state index < -0.39 is 0 Å². The summed E-state index contributed by atoms with van der Waals surface area (Å²) < 4.78 is 10.4. The predicted octanol–water partition coefficient (Wildman–Crippen LogP) is 2.18. The molecule has 1 aliphatic heterocycles. The van der Waals surface area contributed by atoms with E-state index in [1.807, 2.05) is 19.1 Å². The first-order valence-corrected chi connectivity index (χ1v) is 9.14. The van der Waals surface area contributed by atoms with Crippen LogP contribution >= 0.6 is 12.2 Å². The zero-order valence-electron chi connectivity index (χ0n) is 15.0. The number of rotatable bonds is 7. The van der Waals surface area contributed by atoms with E-state index in [0.717, 1.165) is 57.1 Å². The van der Waals surface area contributed by atoms with Gasteiger partial charge < -0.3 is 20.1 Å². The molecule has 0 radical (unpaired) electrons. The van der Waals surface area contributed by atoms with Crippen molar-refractivity contribution >= 4 is 29.0 Å². The molecule has 0 bridgehead atoms. The first-order chi connectivity index (χ1) is 12.1. The lowest BCUT2D eigenvalue weighted by Gasteiger charge is -2.26. The van der Waals surface area contributed by atoms with Gasteiger partial charge in [-0.15, -0.1) is 0 Å². The molecule has 25 heavy (non-hydrogen) atoms. The number of benzene rings is 1. The van der Waals surface area contributed by atoms with E-state index in [1.165, 1.54) is 0 Å². The zero-order chi connectivity index (χ0) is 18.1. The summed E-state index contributed by atoms with van der Waals surface area (Å²) in [6.07, 6.45) is 1.02. The van der Waals surface area contributed by atoms with Crippen molar-refractivity contribution in [3.63, 3.8) is 0 Å². The maximum absolute atomic E-state index is 12.0. The van der Waals surface area contributed by atoms with Crippen LogP contribution in [0.2, 0.25) is 0 Å². The van der Waals surface area contributed by atoms with Crippen LogP contribution in [0.4, 0.5) is 5.69 Å². The van der Waals surface area contributed by atoms with Gasteiger partial charge in [-0.3, -0.25) is 4.90 Å². The molecule has 0 spiro atoms. The summed E-state index contributed by atoms with van der Waals surface area (Å²) in [5.41, 5.74) is 2.21. The minimum atomic E-state index is -0.312. The summed E-state index contributed by atoms with van der Waals surface area (Å²) in [6.45, 7) is 9.54. The van der Waals surface area contributed by atoms with E-state index in [-0.39, 0.29) is 5.97 Å². The van der Waals surface area contributed by atoms with Crippen molar-refractivity contribution in [1.29, 1.82) is 0 Å². The van der Waals surface area contributed by atoms with Gasteiger partial charge in [-0.25, -0.2) is 4.79 Å². The minimum Gasteiger partial charge on any atom is -0.462 e. The Hall–Kier alpha value is -1.70. The van der Waals surface area contributed by atoms with Gasteiger partial charge in [0.2, 0.25) is 0 Å². The number of carbonyl (C=O) groups excluding carboxylic acids is 1. The summed E-state index contributed by atoms with van der Waals surface area (Å²) in [4.78, 5) is 14.4. The molecular formula is C18H27N3O3S. The van der Waals surface area contributed by atoms with E-state index in [4.69, 9.17) is 21.7 Å². The summed E-state index contributed by atoms with van der Waals surface area (Å²) in [6, 6.07) is 5.49. The van der Waals surface area contributed by atoms with Crippen molar-refractivity contribution in [2.24, 2.45) is 0 Å². The Labute approximate surface area is 154 Å². The Balaban J connectivity index is 1.78. The summed E-state index contributed by atoms with van der Waals surface area (Å²) >= 11 is 5.35. The number of esters is 1. The lowest BCUT2D eigenvalue weighted by molar-refractivity contribution is 0.0376. The Kier molecular flexibility index (Phi) is 8.11. The summed E-state index contributed by atoms with van der Waals surface area (Å²) in [5.74, 6) is -0.312. The monoisotopic (exact) mass is 365 g/mol. The second-order valence-corrected chi connectivity index (χ2v) is 6.30. The van der Waals surface area contributed by atoms with Gasteiger partial charge in [-0.2, -0.15) is 0 Å². The fraction of sp³-hybridized carbons (Fsp3) is 0.556. The van der Waals surface area contributed by atoms with Crippen molar-refractivity contribution in [2.45, 2.75) is 20.3 Å². The second-order valence-electron chi connectivity index (χ2n) is 5.89. The quantitative estimate of drug-likeness (QED) is 0.436. The molecule has 1 heterocycles.